The average molecular weight is 409 g/mol. The highest BCUT2D eigenvalue weighted by Gasteiger charge is 2.32. The SMILES string of the molecule is Cn1ccc(C(=O)N2CC[C@@H](n3c(=O)n(CC4CCCCC4)c4cccnc43)C2)n1. The van der Waals surface area contributed by atoms with Gasteiger partial charge in [-0.05, 0) is 43.4 Å². The van der Waals surface area contributed by atoms with Gasteiger partial charge in [0.05, 0.1) is 11.6 Å². The van der Waals surface area contributed by atoms with Crippen LogP contribution in [-0.2, 0) is 13.6 Å². The lowest BCUT2D eigenvalue weighted by atomic mass is 9.89. The molecule has 3 aromatic heterocycles. The van der Waals surface area contributed by atoms with Gasteiger partial charge in [-0.15, -0.1) is 0 Å². The Labute approximate surface area is 175 Å². The highest BCUT2D eigenvalue weighted by Crippen LogP contribution is 2.28. The van der Waals surface area contributed by atoms with Crippen LogP contribution in [-0.4, -0.2) is 47.8 Å². The van der Waals surface area contributed by atoms with Crippen molar-refractivity contribution >= 4 is 17.1 Å². The lowest BCUT2D eigenvalue weighted by Crippen LogP contribution is -2.33. The lowest BCUT2D eigenvalue weighted by molar-refractivity contribution is 0.0781. The molecule has 0 aromatic carbocycles. The molecular formula is C22H28N6O2. The fraction of sp³-hybridized carbons (Fsp3) is 0.545. The van der Waals surface area contributed by atoms with Crippen molar-refractivity contribution in [1.29, 1.82) is 0 Å². The van der Waals surface area contributed by atoms with Gasteiger partial charge in [-0.25, -0.2) is 9.78 Å². The van der Waals surface area contributed by atoms with Crippen molar-refractivity contribution in [1.82, 2.24) is 28.8 Å². The van der Waals surface area contributed by atoms with Crippen molar-refractivity contribution < 1.29 is 4.79 Å². The minimum absolute atomic E-state index is 0.00593. The number of fused-ring (bicyclic) bond motifs is 1. The first kappa shape index (κ1) is 19.1. The van der Waals surface area contributed by atoms with E-state index in [0.717, 1.165) is 24.1 Å². The van der Waals surface area contributed by atoms with Crippen LogP contribution in [0.4, 0.5) is 0 Å². The normalized spacial score (nSPS) is 20.3. The molecule has 1 saturated heterocycles. The molecule has 1 saturated carbocycles. The van der Waals surface area contributed by atoms with Crippen molar-refractivity contribution in [3.05, 3.63) is 46.8 Å². The number of carbonyl (C=O) groups is 1. The number of hydrogen-bond donors (Lipinski definition) is 0. The molecule has 1 aliphatic heterocycles. The summed E-state index contributed by atoms with van der Waals surface area (Å²) in [6, 6.07) is 5.57. The van der Waals surface area contributed by atoms with Crippen LogP contribution in [0.3, 0.4) is 0 Å². The highest BCUT2D eigenvalue weighted by atomic mass is 16.2. The molecule has 0 N–H and O–H groups in total. The topological polar surface area (TPSA) is 78.0 Å². The number of nitrogens with zero attached hydrogens (tertiary/aromatic N) is 6. The number of aryl methyl sites for hydroxylation is 1. The van der Waals surface area contributed by atoms with E-state index in [1.807, 2.05) is 21.3 Å². The summed E-state index contributed by atoms with van der Waals surface area (Å²) in [5.74, 6) is 0.478. The van der Waals surface area contributed by atoms with Crippen molar-refractivity contribution in [2.75, 3.05) is 13.1 Å². The Balaban J connectivity index is 1.44. The Hall–Kier alpha value is -2.90. The van der Waals surface area contributed by atoms with Crippen LogP contribution in [0.1, 0.15) is 55.1 Å². The Morgan fingerprint density at radius 1 is 1.17 bits per heavy atom. The molecule has 158 valence electrons. The van der Waals surface area contributed by atoms with Crippen LogP contribution in [0.15, 0.2) is 35.4 Å². The van der Waals surface area contributed by atoms with E-state index >= 15 is 0 Å². The lowest BCUT2D eigenvalue weighted by Gasteiger charge is -2.21. The Kier molecular flexibility index (Phi) is 4.92. The number of rotatable bonds is 4. The van der Waals surface area contributed by atoms with Gasteiger partial charge in [0.15, 0.2) is 5.65 Å². The Bertz CT molecular complexity index is 1120. The molecule has 2 fully saturated rings. The van der Waals surface area contributed by atoms with Gasteiger partial charge in [0.2, 0.25) is 0 Å². The van der Waals surface area contributed by atoms with Gasteiger partial charge in [-0.1, -0.05) is 19.3 Å². The van der Waals surface area contributed by atoms with Gasteiger partial charge in [-0.3, -0.25) is 18.6 Å². The van der Waals surface area contributed by atoms with Gasteiger partial charge < -0.3 is 4.90 Å². The smallest absolute Gasteiger partial charge is 0.330 e. The maximum Gasteiger partial charge on any atom is 0.330 e. The third-order valence-corrected chi connectivity index (χ3v) is 6.64. The molecule has 8 nitrogen and oxygen atoms in total. The number of hydrogen-bond acceptors (Lipinski definition) is 4. The van der Waals surface area contributed by atoms with Crippen LogP contribution in [0.25, 0.3) is 11.2 Å². The van der Waals surface area contributed by atoms with Gasteiger partial charge >= 0.3 is 5.69 Å². The minimum atomic E-state index is -0.0787. The summed E-state index contributed by atoms with van der Waals surface area (Å²) in [6.07, 6.45) is 10.5. The number of imidazole rings is 1. The zero-order chi connectivity index (χ0) is 20.7. The summed E-state index contributed by atoms with van der Waals surface area (Å²) < 4.78 is 5.37. The average Bonchev–Trinajstić information content (AvgIpc) is 3.47. The molecule has 4 heterocycles. The number of pyridine rings is 1. The van der Waals surface area contributed by atoms with Crippen molar-refractivity contribution in [2.45, 2.75) is 51.1 Å². The van der Waals surface area contributed by atoms with E-state index < -0.39 is 0 Å². The molecule has 3 aromatic rings. The first-order chi connectivity index (χ1) is 14.6. The maximum absolute atomic E-state index is 13.5. The number of aromatic nitrogens is 5. The molecule has 1 atom stereocenters. The number of likely N-dealkylation sites (tertiary alicyclic amines) is 1. The second-order valence-electron chi connectivity index (χ2n) is 8.68. The van der Waals surface area contributed by atoms with Gasteiger partial charge in [0.25, 0.3) is 5.91 Å². The molecule has 0 unspecified atom stereocenters. The third kappa shape index (κ3) is 3.34. The Morgan fingerprint density at radius 2 is 2.00 bits per heavy atom. The fourth-order valence-electron chi connectivity index (χ4n) is 5.07. The van der Waals surface area contributed by atoms with Gasteiger partial charge in [0, 0.05) is 39.1 Å². The van der Waals surface area contributed by atoms with Crippen LogP contribution in [0.2, 0.25) is 0 Å². The molecular weight excluding hydrogens is 380 g/mol. The summed E-state index contributed by atoms with van der Waals surface area (Å²) in [7, 11) is 1.80. The van der Waals surface area contributed by atoms with Crippen molar-refractivity contribution in [3.63, 3.8) is 0 Å². The first-order valence-electron chi connectivity index (χ1n) is 11.0. The third-order valence-electron chi connectivity index (χ3n) is 6.64. The molecule has 2 aliphatic rings. The van der Waals surface area contributed by atoms with E-state index in [0.29, 0.717) is 24.7 Å². The van der Waals surface area contributed by atoms with E-state index in [1.165, 1.54) is 32.1 Å². The quantitative estimate of drug-likeness (QED) is 0.665. The van der Waals surface area contributed by atoms with E-state index in [1.54, 1.807) is 35.1 Å². The summed E-state index contributed by atoms with van der Waals surface area (Å²) >= 11 is 0. The monoisotopic (exact) mass is 408 g/mol. The highest BCUT2D eigenvalue weighted by molar-refractivity contribution is 5.92. The largest absolute Gasteiger partial charge is 0.335 e. The molecule has 8 heteroatoms. The maximum atomic E-state index is 13.5. The molecule has 1 amide bonds. The predicted octanol–water partition coefficient (Wildman–Crippen LogP) is 2.60. The molecule has 0 spiro atoms. The predicted molar refractivity (Wildman–Crippen MR) is 113 cm³/mol. The summed E-state index contributed by atoms with van der Waals surface area (Å²) in [6.45, 7) is 1.89. The zero-order valence-corrected chi connectivity index (χ0v) is 17.4. The van der Waals surface area contributed by atoms with Crippen LogP contribution in [0, 0.1) is 5.92 Å². The number of carbonyl (C=O) groups excluding carboxylic acids is 1. The van der Waals surface area contributed by atoms with Crippen molar-refractivity contribution in [3.8, 4) is 0 Å². The summed E-state index contributed by atoms with van der Waals surface area (Å²) in [4.78, 5) is 32.6. The second-order valence-corrected chi connectivity index (χ2v) is 8.68. The van der Waals surface area contributed by atoms with Gasteiger partial charge in [0.1, 0.15) is 5.69 Å². The van der Waals surface area contributed by atoms with Crippen LogP contribution < -0.4 is 5.69 Å². The second kappa shape index (κ2) is 7.74. The molecule has 1 aliphatic carbocycles. The molecule has 0 radical (unpaired) electrons. The Morgan fingerprint density at radius 3 is 2.77 bits per heavy atom. The number of amides is 1. The van der Waals surface area contributed by atoms with E-state index in [9.17, 15) is 9.59 Å². The molecule has 5 rings (SSSR count). The van der Waals surface area contributed by atoms with Gasteiger partial charge in [-0.2, -0.15) is 5.10 Å². The summed E-state index contributed by atoms with van der Waals surface area (Å²) in [5.41, 5.74) is 2.09. The first-order valence-corrected chi connectivity index (χ1v) is 11.0. The van der Waals surface area contributed by atoms with E-state index in [2.05, 4.69) is 10.1 Å². The van der Waals surface area contributed by atoms with E-state index in [-0.39, 0.29) is 17.6 Å². The standard InChI is InChI=1S/C22H28N6O2/c1-25-12-10-18(24-25)21(29)26-13-9-17(15-26)28-20-19(8-5-11-23-20)27(22(28)30)14-16-6-3-2-4-7-16/h5,8,10-12,16-17H,2-4,6-7,9,13-15H2,1H3/t17-/m1/s1. The van der Waals surface area contributed by atoms with Crippen LogP contribution >= 0.6 is 0 Å². The van der Waals surface area contributed by atoms with Crippen molar-refractivity contribution in [2.24, 2.45) is 13.0 Å². The zero-order valence-electron chi connectivity index (χ0n) is 17.4. The fourth-order valence-corrected chi connectivity index (χ4v) is 5.07. The molecule has 0 bridgehead atoms. The minimum Gasteiger partial charge on any atom is -0.335 e. The molecule has 30 heavy (non-hydrogen) atoms. The van der Waals surface area contributed by atoms with Crippen LogP contribution in [0.5, 0.6) is 0 Å². The summed E-state index contributed by atoms with van der Waals surface area (Å²) in [5, 5.41) is 4.23. The van der Waals surface area contributed by atoms with E-state index in [4.69, 9.17) is 0 Å².